The molecule has 4 rings (SSSR count). The summed E-state index contributed by atoms with van der Waals surface area (Å²) in [6.07, 6.45) is 6.43. The molecule has 0 spiro atoms. The number of furan rings is 1. The molecule has 1 aliphatic rings. The van der Waals surface area contributed by atoms with Crippen LogP contribution in [0.4, 0.5) is 0 Å². The number of hydrogen-bond donors (Lipinski definition) is 1. The van der Waals surface area contributed by atoms with Crippen molar-refractivity contribution in [1.29, 1.82) is 0 Å². The lowest BCUT2D eigenvalue weighted by Gasteiger charge is -2.18. The molecular formula is C17H22N8O3. The van der Waals surface area contributed by atoms with Crippen molar-refractivity contribution in [3.63, 3.8) is 0 Å². The summed E-state index contributed by atoms with van der Waals surface area (Å²) in [6, 6.07) is 3.45. The number of amides is 1. The number of nitrogens with zero attached hydrogens (tertiary/aromatic N) is 7. The van der Waals surface area contributed by atoms with Gasteiger partial charge in [0.15, 0.2) is 17.4 Å². The minimum Gasteiger partial charge on any atom is -0.459 e. The molecule has 3 aromatic rings. The minimum atomic E-state index is -0.228. The van der Waals surface area contributed by atoms with E-state index in [-0.39, 0.29) is 24.9 Å². The summed E-state index contributed by atoms with van der Waals surface area (Å²) in [4.78, 5) is 18.8. The lowest BCUT2D eigenvalue weighted by Crippen LogP contribution is -2.31. The van der Waals surface area contributed by atoms with Crippen molar-refractivity contribution in [1.82, 2.24) is 40.6 Å². The van der Waals surface area contributed by atoms with E-state index in [1.165, 1.54) is 36.6 Å². The Bertz CT molecular complexity index is 880. The van der Waals surface area contributed by atoms with E-state index in [0.717, 1.165) is 13.1 Å². The maximum absolute atomic E-state index is 12.3. The number of carbonyl (C=O) groups excluding carboxylic acids is 1. The lowest BCUT2D eigenvalue weighted by atomic mass is 10.2. The van der Waals surface area contributed by atoms with Crippen molar-refractivity contribution < 1.29 is 13.7 Å². The second kappa shape index (κ2) is 8.74. The summed E-state index contributed by atoms with van der Waals surface area (Å²) < 4.78 is 11.8. The Hall–Kier alpha value is -3.08. The van der Waals surface area contributed by atoms with Crippen LogP contribution in [0.2, 0.25) is 0 Å². The maximum atomic E-state index is 12.3. The topological polar surface area (TPSA) is 128 Å². The Labute approximate surface area is 161 Å². The molecule has 3 aromatic heterocycles. The molecule has 0 unspecified atom stereocenters. The van der Waals surface area contributed by atoms with Crippen LogP contribution in [0.25, 0.3) is 11.7 Å². The Morgan fingerprint density at radius 2 is 2.07 bits per heavy atom. The Morgan fingerprint density at radius 1 is 1.21 bits per heavy atom. The molecule has 1 fully saturated rings. The van der Waals surface area contributed by atoms with Gasteiger partial charge in [0, 0.05) is 0 Å². The summed E-state index contributed by atoms with van der Waals surface area (Å²) in [6.45, 7) is 2.91. The van der Waals surface area contributed by atoms with Gasteiger partial charge < -0.3 is 14.3 Å². The van der Waals surface area contributed by atoms with Gasteiger partial charge in [0.2, 0.25) is 5.91 Å². The molecule has 1 aliphatic heterocycles. The van der Waals surface area contributed by atoms with Crippen molar-refractivity contribution in [3.8, 4) is 11.7 Å². The van der Waals surface area contributed by atoms with Gasteiger partial charge in [0.05, 0.1) is 19.4 Å². The second-order valence-electron chi connectivity index (χ2n) is 6.71. The van der Waals surface area contributed by atoms with Gasteiger partial charge in [-0.15, -0.1) is 5.10 Å². The highest BCUT2D eigenvalue weighted by Crippen LogP contribution is 2.16. The van der Waals surface area contributed by atoms with Gasteiger partial charge in [0.1, 0.15) is 6.54 Å². The zero-order valence-electron chi connectivity index (χ0n) is 15.5. The van der Waals surface area contributed by atoms with Crippen LogP contribution in [0.5, 0.6) is 0 Å². The van der Waals surface area contributed by atoms with Crippen LogP contribution in [0.1, 0.15) is 37.3 Å². The Kier molecular flexibility index (Phi) is 5.71. The van der Waals surface area contributed by atoms with E-state index in [1.54, 1.807) is 12.1 Å². The van der Waals surface area contributed by atoms with E-state index in [2.05, 4.69) is 35.9 Å². The van der Waals surface area contributed by atoms with Crippen molar-refractivity contribution >= 4 is 5.91 Å². The zero-order chi connectivity index (χ0) is 19.2. The van der Waals surface area contributed by atoms with Crippen molar-refractivity contribution in [2.24, 2.45) is 0 Å². The predicted octanol–water partition coefficient (Wildman–Crippen LogP) is 1.01. The highest BCUT2D eigenvalue weighted by Gasteiger charge is 2.16. The number of rotatable bonds is 7. The first-order valence-electron chi connectivity index (χ1n) is 9.38. The lowest BCUT2D eigenvalue weighted by molar-refractivity contribution is -0.122. The molecule has 28 heavy (non-hydrogen) atoms. The monoisotopic (exact) mass is 386 g/mol. The largest absolute Gasteiger partial charge is 0.459 e. The fraction of sp³-hybridized carbons (Fsp3) is 0.529. The third kappa shape index (κ3) is 4.60. The van der Waals surface area contributed by atoms with Crippen LogP contribution >= 0.6 is 0 Å². The smallest absolute Gasteiger partial charge is 0.293 e. The molecule has 1 N–H and O–H groups in total. The minimum absolute atomic E-state index is 0.0407. The highest BCUT2D eigenvalue weighted by atomic mass is 16.5. The molecule has 11 nitrogen and oxygen atoms in total. The molecule has 11 heteroatoms. The van der Waals surface area contributed by atoms with Gasteiger partial charge in [-0.25, -0.2) is 4.68 Å². The molecule has 4 heterocycles. The first-order chi connectivity index (χ1) is 13.8. The fourth-order valence-electron chi connectivity index (χ4n) is 3.15. The molecule has 1 saturated heterocycles. The summed E-state index contributed by atoms with van der Waals surface area (Å²) in [5.74, 6) is 1.58. The highest BCUT2D eigenvalue weighted by molar-refractivity contribution is 5.75. The summed E-state index contributed by atoms with van der Waals surface area (Å²) in [5.41, 5.74) is 0. The summed E-state index contributed by atoms with van der Waals surface area (Å²) in [5, 5.41) is 18.3. The number of aromatic nitrogens is 6. The molecule has 0 atom stereocenters. The molecule has 0 saturated carbocycles. The van der Waals surface area contributed by atoms with E-state index >= 15 is 0 Å². The van der Waals surface area contributed by atoms with E-state index in [1.807, 2.05) is 0 Å². The quantitative estimate of drug-likeness (QED) is 0.632. The number of tetrazole rings is 1. The zero-order valence-corrected chi connectivity index (χ0v) is 15.5. The SMILES string of the molecule is O=C(Cn1nnnc1CN1CCCCCC1)NCc1noc(-c2ccco2)n1. The standard InChI is InChI=1S/C17H22N8O3/c26-16(18-10-14-19-17(28-21-14)13-6-5-9-27-13)12-25-15(20-22-23-25)11-24-7-3-1-2-4-8-24/h5-6,9H,1-4,7-8,10-12H2,(H,18,26). The molecule has 1 amide bonds. The van der Waals surface area contributed by atoms with Gasteiger partial charge in [-0.3, -0.25) is 9.69 Å². The molecule has 0 aliphatic carbocycles. The van der Waals surface area contributed by atoms with Crippen LogP contribution in [-0.2, 0) is 24.4 Å². The number of hydrogen-bond acceptors (Lipinski definition) is 9. The number of carbonyl (C=O) groups is 1. The van der Waals surface area contributed by atoms with Crippen LogP contribution < -0.4 is 5.32 Å². The molecule has 0 aromatic carbocycles. The maximum Gasteiger partial charge on any atom is 0.293 e. The fourth-order valence-corrected chi connectivity index (χ4v) is 3.15. The predicted molar refractivity (Wildman–Crippen MR) is 95.4 cm³/mol. The van der Waals surface area contributed by atoms with Crippen LogP contribution in [0.3, 0.4) is 0 Å². The van der Waals surface area contributed by atoms with Crippen molar-refractivity contribution in [2.75, 3.05) is 13.1 Å². The van der Waals surface area contributed by atoms with Gasteiger partial charge in [-0.1, -0.05) is 18.0 Å². The van der Waals surface area contributed by atoms with E-state index in [4.69, 9.17) is 8.94 Å². The molecule has 0 radical (unpaired) electrons. The third-order valence-electron chi connectivity index (χ3n) is 4.61. The Morgan fingerprint density at radius 3 is 2.86 bits per heavy atom. The Balaban J connectivity index is 1.29. The van der Waals surface area contributed by atoms with E-state index in [0.29, 0.717) is 24.0 Å². The second-order valence-corrected chi connectivity index (χ2v) is 6.71. The van der Waals surface area contributed by atoms with Gasteiger partial charge >= 0.3 is 0 Å². The summed E-state index contributed by atoms with van der Waals surface area (Å²) in [7, 11) is 0. The average molecular weight is 386 g/mol. The normalized spacial score (nSPS) is 15.4. The number of likely N-dealkylation sites (tertiary alicyclic amines) is 1. The van der Waals surface area contributed by atoms with Crippen molar-refractivity contribution in [2.45, 2.75) is 45.3 Å². The van der Waals surface area contributed by atoms with Crippen molar-refractivity contribution in [3.05, 3.63) is 30.0 Å². The molecule has 148 valence electrons. The first-order valence-corrected chi connectivity index (χ1v) is 9.38. The molecule has 0 bridgehead atoms. The third-order valence-corrected chi connectivity index (χ3v) is 4.61. The van der Waals surface area contributed by atoms with Gasteiger partial charge in [-0.05, 0) is 48.5 Å². The first kappa shape index (κ1) is 18.3. The number of nitrogens with one attached hydrogen (secondary N) is 1. The van der Waals surface area contributed by atoms with Gasteiger partial charge in [-0.2, -0.15) is 4.98 Å². The van der Waals surface area contributed by atoms with E-state index < -0.39 is 0 Å². The summed E-state index contributed by atoms with van der Waals surface area (Å²) >= 11 is 0. The average Bonchev–Trinajstić information content (AvgIpc) is 3.42. The van der Waals surface area contributed by atoms with Crippen LogP contribution in [-0.4, -0.2) is 54.2 Å². The van der Waals surface area contributed by atoms with Crippen LogP contribution in [0.15, 0.2) is 27.3 Å². The molecular weight excluding hydrogens is 364 g/mol. The van der Waals surface area contributed by atoms with Crippen LogP contribution in [0, 0.1) is 0 Å². The van der Waals surface area contributed by atoms with E-state index in [9.17, 15) is 4.79 Å². The van der Waals surface area contributed by atoms with Gasteiger partial charge in [0.25, 0.3) is 5.89 Å².